The van der Waals surface area contributed by atoms with Crippen molar-refractivity contribution in [1.29, 1.82) is 0 Å². The first-order valence-electron chi connectivity index (χ1n) is 5.91. The van der Waals surface area contributed by atoms with Crippen molar-refractivity contribution in [2.75, 3.05) is 0 Å². The van der Waals surface area contributed by atoms with Crippen LogP contribution in [0.2, 0.25) is 5.15 Å². The van der Waals surface area contributed by atoms with Gasteiger partial charge in [-0.2, -0.15) is 0 Å². The summed E-state index contributed by atoms with van der Waals surface area (Å²) in [6.07, 6.45) is 5.02. The lowest BCUT2D eigenvalue weighted by molar-refractivity contribution is -0.385. The average molecular weight is 281 g/mol. The van der Waals surface area contributed by atoms with Crippen LogP contribution in [0, 0.1) is 10.1 Å². The first kappa shape index (κ1) is 13.5. The molecule has 0 unspecified atom stereocenters. The molecule has 2 rings (SSSR count). The summed E-state index contributed by atoms with van der Waals surface area (Å²) in [5.74, 6) is 0.825. The van der Waals surface area contributed by atoms with Gasteiger partial charge < -0.3 is 4.57 Å². The normalized spacial score (nSPS) is 10.6. The van der Waals surface area contributed by atoms with Crippen LogP contribution in [0.5, 0.6) is 0 Å². The number of aromatic nitrogens is 3. The molecule has 0 atom stereocenters. The summed E-state index contributed by atoms with van der Waals surface area (Å²) in [6.45, 7) is 2.93. The van der Waals surface area contributed by atoms with Crippen LogP contribution in [0.1, 0.15) is 24.9 Å². The summed E-state index contributed by atoms with van der Waals surface area (Å²) in [4.78, 5) is 18.6. The Balaban J connectivity index is 2.27. The van der Waals surface area contributed by atoms with E-state index < -0.39 is 4.92 Å². The van der Waals surface area contributed by atoms with E-state index in [2.05, 4.69) is 16.9 Å². The fraction of sp³-hybridized carbons (Fsp3) is 0.333. The summed E-state index contributed by atoms with van der Waals surface area (Å²) in [7, 11) is 0. The zero-order chi connectivity index (χ0) is 13.8. The van der Waals surface area contributed by atoms with Gasteiger partial charge >= 0.3 is 0 Å². The summed E-state index contributed by atoms with van der Waals surface area (Å²) >= 11 is 5.79. The molecular weight excluding hydrogens is 268 g/mol. The van der Waals surface area contributed by atoms with E-state index in [4.69, 9.17) is 11.6 Å². The van der Waals surface area contributed by atoms with E-state index in [0.717, 1.165) is 18.8 Å². The lowest BCUT2D eigenvalue weighted by atomic mass is 10.2. The Morgan fingerprint density at radius 3 is 2.95 bits per heavy atom. The maximum absolute atomic E-state index is 10.8. The molecular formula is C12H13ClN4O2. The van der Waals surface area contributed by atoms with Crippen LogP contribution >= 0.6 is 11.6 Å². The van der Waals surface area contributed by atoms with E-state index in [1.165, 1.54) is 12.1 Å². The van der Waals surface area contributed by atoms with Crippen molar-refractivity contribution in [1.82, 2.24) is 14.5 Å². The second kappa shape index (κ2) is 5.79. The number of nitrogens with zero attached hydrogens (tertiary/aromatic N) is 4. The summed E-state index contributed by atoms with van der Waals surface area (Å²) in [5.41, 5.74) is 0.492. The third kappa shape index (κ3) is 3.29. The van der Waals surface area contributed by atoms with Crippen LogP contribution in [0.4, 0.5) is 5.69 Å². The minimum atomic E-state index is -0.477. The van der Waals surface area contributed by atoms with Gasteiger partial charge in [-0.3, -0.25) is 10.1 Å². The van der Waals surface area contributed by atoms with Gasteiger partial charge in [-0.05, 0) is 6.42 Å². The molecule has 19 heavy (non-hydrogen) atoms. The number of hydrogen-bond acceptors (Lipinski definition) is 4. The Kier molecular flexibility index (Phi) is 4.11. The molecule has 6 nitrogen and oxygen atoms in total. The fourth-order valence-corrected chi connectivity index (χ4v) is 2.07. The number of rotatable bonds is 5. The minimum absolute atomic E-state index is 0.0522. The van der Waals surface area contributed by atoms with Crippen molar-refractivity contribution in [2.45, 2.75) is 26.3 Å². The fourth-order valence-electron chi connectivity index (χ4n) is 1.85. The molecule has 0 radical (unpaired) electrons. The van der Waals surface area contributed by atoms with E-state index in [1.807, 2.05) is 10.8 Å². The van der Waals surface area contributed by atoms with Crippen LogP contribution in [0.15, 0.2) is 24.5 Å². The van der Waals surface area contributed by atoms with Crippen molar-refractivity contribution in [2.24, 2.45) is 0 Å². The van der Waals surface area contributed by atoms with Gasteiger partial charge in [0.15, 0.2) is 0 Å². The van der Waals surface area contributed by atoms with Crippen LogP contribution in [-0.4, -0.2) is 19.5 Å². The Labute approximate surface area is 115 Å². The molecule has 0 aromatic carbocycles. The smallest absolute Gasteiger partial charge is 0.274 e. The third-order valence-electron chi connectivity index (χ3n) is 2.65. The quantitative estimate of drug-likeness (QED) is 0.479. The van der Waals surface area contributed by atoms with Crippen molar-refractivity contribution in [3.63, 3.8) is 0 Å². The Morgan fingerprint density at radius 2 is 2.26 bits per heavy atom. The van der Waals surface area contributed by atoms with Gasteiger partial charge in [0, 0.05) is 31.4 Å². The summed E-state index contributed by atoms with van der Waals surface area (Å²) in [5, 5.41) is 10.9. The Hall–Kier alpha value is -1.95. The molecule has 2 heterocycles. The second-order valence-electron chi connectivity index (χ2n) is 4.11. The molecule has 0 fully saturated rings. The van der Waals surface area contributed by atoms with Gasteiger partial charge in [0.05, 0.1) is 16.7 Å². The number of halogens is 1. The van der Waals surface area contributed by atoms with Crippen molar-refractivity contribution in [3.05, 3.63) is 51.3 Å². The zero-order valence-corrected chi connectivity index (χ0v) is 11.2. The Morgan fingerprint density at radius 1 is 1.47 bits per heavy atom. The number of hydrogen-bond donors (Lipinski definition) is 0. The van der Waals surface area contributed by atoms with Crippen molar-refractivity contribution in [3.8, 4) is 0 Å². The molecule has 0 aliphatic rings. The number of nitro groups is 1. The molecule has 0 bridgehead atoms. The van der Waals surface area contributed by atoms with Gasteiger partial charge in [-0.25, -0.2) is 9.97 Å². The van der Waals surface area contributed by atoms with E-state index >= 15 is 0 Å². The topological polar surface area (TPSA) is 73.8 Å². The van der Waals surface area contributed by atoms with E-state index in [0.29, 0.717) is 12.1 Å². The first-order valence-corrected chi connectivity index (χ1v) is 6.29. The second-order valence-corrected chi connectivity index (χ2v) is 4.50. The summed E-state index contributed by atoms with van der Waals surface area (Å²) in [6, 6.07) is 2.67. The molecule has 0 aliphatic heterocycles. The standard InChI is InChI=1S/C12H13ClN4O2/c1-2-4-16-5-3-14-12(16)7-9-6-10(17(18)19)8-11(13)15-9/h3,5-6,8H,2,4,7H2,1H3. The lowest BCUT2D eigenvalue weighted by Gasteiger charge is -2.06. The third-order valence-corrected chi connectivity index (χ3v) is 2.84. The van der Waals surface area contributed by atoms with Crippen LogP contribution in [0.25, 0.3) is 0 Å². The van der Waals surface area contributed by atoms with Crippen LogP contribution in [0.3, 0.4) is 0 Å². The van der Waals surface area contributed by atoms with Crippen LogP contribution in [-0.2, 0) is 13.0 Å². The van der Waals surface area contributed by atoms with E-state index in [9.17, 15) is 10.1 Å². The largest absolute Gasteiger partial charge is 0.335 e. The highest BCUT2D eigenvalue weighted by atomic mass is 35.5. The van der Waals surface area contributed by atoms with E-state index in [1.54, 1.807) is 6.20 Å². The average Bonchev–Trinajstić information content (AvgIpc) is 2.76. The molecule has 0 aliphatic carbocycles. The first-order chi connectivity index (χ1) is 9.10. The molecule has 100 valence electrons. The monoisotopic (exact) mass is 280 g/mol. The minimum Gasteiger partial charge on any atom is -0.335 e. The van der Waals surface area contributed by atoms with Crippen molar-refractivity contribution < 1.29 is 4.92 Å². The highest BCUT2D eigenvalue weighted by Gasteiger charge is 2.12. The van der Waals surface area contributed by atoms with Crippen molar-refractivity contribution >= 4 is 17.3 Å². The van der Waals surface area contributed by atoms with Gasteiger partial charge in [0.25, 0.3) is 5.69 Å². The maximum Gasteiger partial charge on any atom is 0.274 e. The molecule has 0 amide bonds. The van der Waals surface area contributed by atoms with E-state index in [-0.39, 0.29) is 10.8 Å². The van der Waals surface area contributed by atoms with Gasteiger partial charge in [0.2, 0.25) is 0 Å². The Bertz CT molecular complexity index is 597. The zero-order valence-electron chi connectivity index (χ0n) is 10.4. The van der Waals surface area contributed by atoms with Crippen LogP contribution < -0.4 is 0 Å². The molecule has 7 heteroatoms. The lowest BCUT2D eigenvalue weighted by Crippen LogP contribution is -2.05. The predicted octanol–water partition coefficient (Wildman–Crippen LogP) is 2.84. The maximum atomic E-state index is 10.8. The number of aryl methyl sites for hydroxylation is 1. The molecule has 0 saturated carbocycles. The highest BCUT2D eigenvalue weighted by Crippen LogP contribution is 2.19. The van der Waals surface area contributed by atoms with Gasteiger partial charge in [-0.15, -0.1) is 0 Å². The molecule has 0 saturated heterocycles. The molecule has 0 N–H and O–H groups in total. The molecule has 2 aromatic rings. The molecule has 0 spiro atoms. The molecule has 2 aromatic heterocycles. The SMILES string of the molecule is CCCn1ccnc1Cc1cc([N+](=O)[O-])cc(Cl)n1. The highest BCUT2D eigenvalue weighted by molar-refractivity contribution is 6.29. The van der Waals surface area contributed by atoms with Gasteiger partial charge in [0.1, 0.15) is 11.0 Å². The predicted molar refractivity (Wildman–Crippen MR) is 71.2 cm³/mol. The van der Waals surface area contributed by atoms with Gasteiger partial charge in [-0.1, -0.05) is 18.5 Å². The number of pyridine rings is 1. The number of imidazole rings is 1. The summed E-state index contributed by atoms with van der Waals surface area (Å²) < 4.78 is 2.01.